The van der Waals surface area contributed by atoms with Crippen LogP contribution in [0.4, 0.5) is 8.78 Å². The minimum absolute atomic E-state index is 0.119. The van der Waals surface area contributed by atoms with E-state index in [1.807, 2.05) is 0 Å². The van der Waals surface area contributed by atoms with Crippen molar-refractivity contribution in [1.29, 1.82) is 0 Å². The normalized spacial score (nSPS) is 12.4. The van der Waals surface area contributed by atoms with Gasteiger partial charge in [0.2, 0.25) is 0 Å². The summed E-state index contributed by atoms with van der Waals surface area (Å²) >= 11 is 11.9. The maximum absolute atomic E-state index is 13.8. The SMILES string of the molecule is NNC(Cc1cc(Cl)ccc1Cl)c1c(F)cccc1F. The molecular formula is C14H12Cl2F2N2. The van der Waals surface area contributed by atoms with Gasteiger partial charge in [0, 0.05) is 15.6 Å². The Morgan fingerprint density at radius 1 is 1.10 bits per heavy atom. The Hall–Kier alpha value is -1.20. The van der Waals surface area contributed by atoms with Gasteiger partial charge in [-0.15, -0.1) is 0 Å². The number of benzene rings is 2. The van der Waals surface area contributed by atoms with Crippen LogP contribution in [-0.4, -0.2) is 0 Å². The Labute approximate surface area is 125 Å². The second kappa shape index (κ2) is 6.50. The van der Waals surface area contributed by atoms with Gasteiger partial charge in [-0.2, -0.15) is 0 Å². The molecule has 2 aromatic rings. The van der Waals surface area contributed by atoms with Crippen LogP contribution in [0.2, 0.25) is 10.0 Å². The molecule has 0 spiro atoms. The van der Waals surface area contributed by atoms with Crippen molar-refractivity contribution >= 4 is 23.2 Å². The van der Waals surface area contributed by atoms with Crippen molar-refractivity contribution in [3.63, 3.8) is 0 Å². The van der Waals surface area contributed by atoms with E-state index in [1.54, 1.807) is 18.2 Å². The lowest BCUT2D eigenvalue weighted by molar-refractivity contribution is 0.473. The summed E-state index contributed by atoms with van der Waals surface area (Å²) in [4.78, 5) is 0. The standard InChI is InChI=1S/C14H12Cl2F2N2/c15-9-4-5-10(16)8(6-9)7-13(20-19)14-11(17)2-1-3-12(14)18/h1-6,13,20H,7,19H2. The molecule has 0 amide bonds. The summed E-state index contributed by atoms with van der Waals surface area (Å²) in [5.74, 6) is 4.10. The van der Waals surface area contributed by atoms with Crippen molar-refractivity contribution in [2.45, 2.75) is 12.5 Å². The topological polar surface area (TPSA) is 38.0 Å². The van der Waals surface area contributed by atoms with Gasteiger partial charge in [0.15, 0.2) is 0 Å². The molecule has 0 aliphatic rings. The van der Waals surface area contributed by atoms with Crippen LogP contribution in [0, 0.1) is 11.6 Å². The van der Waals surface area contributed by atoms with Crippen molar-refractivity contribution in [3.8, 4) is 0 Å². The third kappa shape index (κ3) is 3.27. The molecule has 0 heterocycles. The van der Waals surface area contributed by atoms with Crippen molar-refractivity contribution in [2.75, 3.05) is 0 Å². The second-order valence-corrected chi connectivity index (χ2v) is 5.14. The van der Waals surface area contributed by atoms with Crippen LogP contribution in [0.3, 0.4) is 0 Å². The van der Waals surface area contributed by atoms with Crippen molar-refractivity contribution in [3.05, 3.63) is 69.2 Å². The highest BCUT2D eigenvalue weighted by Gasteiger charge is 2.20. The quantitative estimate of drug-likeness (QED) is 0.660. The number of hydrogen-bond acceptors (Lipinski definition) is 2. The van der Waals surface area contributed by atoms with Gasteiger partial charge >= 0.3 is 0 Å². The Morgan fingerprint density at radius 2 is 1.75 bits per heavy atom. The lowest BCUT2D eigenvalue weighted by Gasteiger charge is -2.18. The fourth-order valence-electron chi connectivity index (χ4n) is 2.01. The van der Waals surface area contributed by atoms with E-state index in [-0.39, 0.29) is 12.0 Å². The molecule has 1 unspecified atom stereocenters. The molecule has 0 saturated carbocycles. The number of rotatable bonds is 4. The zero-order valence-electron chi connectivity index (χ0n) is 10.3. The minimum Gasteiger partial charge on any atom is -0.271 e. The Morgan fingerprint density at radius 3 is 2.35 bits per heavy atom. The van der Waals surface area contributed by atoms with Gasteiger partial charge in [-0.3, -0.25) is 11.3 Å². The highest BCUT2D eigenvalue weighted by molar-refractivity contribution is 6.33. The first kappa shape index (κ1) is 15.2. The van der Waals surface area contributed by atoms with E-state index in [0.717, 1.165) is 0 Å². The van der Waals surface area contributed by atoms with E-state index < -0.39 is 17.7 Å². The van der Waals surface area contributed by atoms with E-state index in [2.05, 4.69) is 5.43 Å². The van der Waals surface area contributed by atoms with Crippen LogP contribution < -0.4 is 11.3 Å². The highest BCUT2D eigenvalue weighted by atomic mass is 35.5. The molecule has 0 bridgehead atoms. The molecule has 0 aromatic heterocycles. The molecule has 3 N–H and O–H groups in total. The number of nitrogens with two attached hydrogens (primary N) is 1. The van der Waals surface area contributed by atoms with Gasteiger partial charge in [-0.1, -0.05) is 29.3 Å². The molecule has 2 rings (SSSR count). The Balaban J connectivity index is 2.36. The number of nitrogens with one attached hydrogen (secondary N) is 1. The first-order valence-electron chi connectivity index (χ1n) is 5.87. The third-order valence-corrected chi connectivity index (χ3v) is 3.58. The molecular weight excluding hydrogens is 305 g/mol. The van der Waals surface area contributed by atoms with Crippen LogP contribution in [0.15, 0.2) is 36.4 Å². The monoisotopic (exact) mass is 316 g/mol. The Bertz CT molecular complexity index is 600. The first-order chi connectivity index (χ1) is 9.52. The summed E-state index contributed by atoms with van der Waals surface area (Å²) in [6.45, 7) is 0. The molecule has 20 heavy (non-hydrogen) atoms. The first-order valence-corrected chi connectivity index (χ1v) is 6.62. The highest BCUT2D eigenvalue weighted by Crippen LogP contribution is 2.28. The molecule has 0 saturated heterocycles. The second-order valence-electron chi connectivity index (χ2n) is 4.29. The Kier molecular flexibility index (Phi) is 4.94. The third-order valence-electron chi connectivity index (χ3n) is 2.98. The summed E-state index contributed by atoms with van der Waals surface area (Å²) in [5.41, 5.74) is 2.95. The predicted octanol–water partition coefficient (Wildman–Crippen LogP) is 4.02. The molecule has 1 atom stereocenters. The van der Waals surface area contributed by atoms with Crippen molar-refractivity contribution < 1.29 is 8.78 Å². The van der Waals surface area contributed by atoms with Gasteiger partial charge in [-0.05, 0) is 42.3 Å². The fourth-order valence-corrected chi connectivity index (χ4v) is 2.40. The molecule has 6 heteroatoms. The fraction of sp³-hybridized carbons (Fsp3) is 0.143. The maximum Gasteiger partial charge on any atom is 0.130 e. The van der Waals surface area contributed by atoms with Crippen LogP contribution in [0.5, 0.6) is 0 Å². The smallest absolute Gasteiger partial charge is 0.130 e. The molecule has 0 fully saturated rings. The molecule has 106 valence electrons. The number of halogens is 4. The summed E-state index contributed by atoms with van der Waals surface area (Å²) in [5, 5.41) is 0.959. The molecule has 2 nitrogen and oxygen atoms in total. The van der Waals surface area contributed by atoms with Gasteiger partial charge < -0.3 is 0 Å². The average molecular weight is 317 g/mol. The molecule has 0 radical (unpaired) electrons. The summed E-state index contributed by atoms with van der Waals surface area (Å²) in [6.07, 6.45) is 0.216. The van der Waals surface area contributed by atoms with Crippen molar-refractivity contribution in [1.82, 2.24) is 5.43 Å². The van der Waals surface area contributed by atoms with E-state index in [4.69, 9.17) is 29.0 Å². The lowest BCUT2D eigenvalue weighted by Crippen LogP contribution is -2.31. The van der Waals surface area contributed by atoms with Crippen LogP contribution in [0.25, 0.3) is 0 Å². The van der Waals surface area contributed by atoms with Crippen molar-refractivity contribution in [2.24, 2.45) is 5.84 Å². The largest absolute Gasteiger partial charge is 0.271 e. The van der Waals surface area contributed by atoms with Gasteiger partial charge in [-0.25, -0.2) is 8.78 Å². The lowest BCUT2D eigenvalue weighted by atomic mass is 9.98. The van der Waals surface area contributed by atoms with E-state index in [9.17, 15) is 8.78 Å². The van der Waals surface area contributed by atoms with Crippen LogP contribution in [0.1, 0.15) is 17.2 Å². The van der Waals surface area contributed by atoms with Crippen LogP contribution >= 0.6 is 23.2 Å². The van der Waals surface area contributed by atoms with E-state index >= 15 is 0 Å². The summed E-state index contributed by atoms with van der Waals surface area (Å²) in [6, 6.07) is 7.84. The van der Waals surface area contributed by atoms with E-state index in [0.29, 0.717) is 15.6 Å². The predicted molar refractivity (Wildman–Crippen MR) is 76.6 cm³/mol. The molecule has 0 aliphatic carbocycles. The number of hydrazine groups is 1. The van der Waals surface area contributed by atoms with Crippen LogP contribution in [-0.2, 0) is 6.42 Å². The van der Waals surface area contributed by atoms with E-state index in [1.165, 1.54) is 18.2 Å². The minimum atomic E-state index is -0.743. The summed E-state index contributed by atoms with van der Waals surface area (Å²) in [7, 11) is 0. The van der Waals surface area contributed by atoms with Gasteiger partial charge in [0.25, 0.3) is 0 Å². The van der Waals surface area contributed by atoms with Gasteiger partial charge in [0.1, 0.15) is 11.6 Å². The molecule has 0 aliphatic heterocycles. The van der Waals surface area contributed by atoms with Gasteiger partial charge in [0.05, 0.1) is 6.04 Å². The molecule has 2 aromatic carbocycles. The average Bonchev–Trinajstić information content (AvgIpc) is 2.41. The summed E-state index contributed by atoms with van der Waals surface area (Å²) < 4.78 is 27.6. The zero-order valence-corrected chi connectivity index (χ0v) is 11.8. The maximum atomic E-state index is 13.8. The zero-order chi connectivity index (χ0) is 14.7. The number of hydrogen-bond donors (Lipinski definition) is 2.